The summed E-state index contributed by atoms with van der Waals surface area (Å²) in [6.45, 7) is 6.95. The Kier molecular flexibility index (Phi) is 5.14. The van der Waals surface area contributed by atoms with Crippen LogP contribution in [0.1, 0.15) is 38.8 Å². The van der Waals surface area contributed by atoms with Crippen LogP contribution < -0.4 is 5.73 Å². The maximum absolute atomic E-state index is 13.2. The molecule has 0 saturated carbocycles. The Hall–Kier alpha value is -0.640. The van der Waals surface area contributed by atoms with E-state index in [0.717, 1.165) is 12.0 Å². The molecule has 1 unspecified atom stereocenters. The van der Waals surface area contributed by atoms with Crippen LogP contribution in [0.25, 0.3) is 0 Å². The first-order valence-electron chi connectivity index (χ1n) is 6.21. The molecule has 0 aromatic heterocycles. The van der Waals surface area contributed by atoms with E-state index >= 15 is 0 Å². The first-order valence-corrected chi connectivity index (χ1v) is 6.59. The third kappa shape index (κ3) is 3.22. The van der Waals surface area contributed by atoms with Gasteiger partial charge in [-0.2, -0.15) is 0 Å². The lowest BCUT2D eigenvalue weighted by Gasteiger charge is -2.40. The highest BCUT2D eigenvalue weighted by atomic mass is 35.5. The minimum atomic E-state index is -0.395. The third-order valence-electron chi connectivity index (χ3n) is 3.84. The van der Waals surface area contributed by atoms with Gasteiger partial charge in [-0.3, -0.25) is 4.90 Å². The molecule has 0 heterocycles. The van der Waals surface area contributed by atoms with E-state index in [2.05, 4.69) is 25.7 Å². The molecule has 1 rings (SSSR count). The Balaban J connectivity index is 3.06. The van der Waals surface area contributed by atoms with E-state index in [-0.39, 0.29) is 16.6 Å². The van der Waals surface area contributed by atoms with Gasteiger partial charge in [0.1, 0.15) is 5.82 Å². The molecule has 1 atom stereocenters. The Morgan fingerprint density at radius 3 is 2.50 bits per heavy atom. The summed E-state index contributed by atoms with van der Waals surface area (Å²) in [5.41, 5.74) is 6.85. The van der Waals surface area contributed by atoms with Crippen molar-refractivity contribution in [2.45, 2.75) is 38.8 Å². The lowest BCUT2D eigenvalue weighted by atomic mass is 9.95. The van der Waals surface area contributed by atoms with Crippen molar-refractivity contribution in [2.24, 2.45) is 5.73 Å². The summed E-state index contributed by atoms with van der Waals surface area (Å²) in [4.78, 5) is 2.22. The number of nitrogens with two attached hydrogens (primary N) is 1. The zero-order chi connectivity index (χ0) is 13.9. The summed E-state index contributed by atoms with van der Waals surface area (Å²) in [5, 5.41) is 0.147. The smallest absolute Gasteiger partial charge is 0.141 e. The molecule has 0 aliphatic heterocycles. The number of hydrogen-bond donors (Lipinski definition) is 1. The second-order valence-electron chi connectivity index (χ2n) is 5.20. The Bertz CT molecular complexity index is 407. The first-order chi connectivity index (χ1) is 8.33. The second kappa shape index (κ2) is 6.00. The van der Waals surface area contributed by atoms with Gasteiger partial charge in [-0.25, -0.2) is 4.39 Å². The second-order valence-corrected chi connectivity index (χ2v) is 5.61. The van der Waals surface area contributed by atoms with Crippen LogP contribution >= 0.6 is 11.6 Å². The molecule has 0 fully saturated rings. The fourth-order valence-corrected chi connectivity index (χ4v) is 2.10. The minimum Gasteiger partial charge on any atom is -0.329 e. The van der Waals surface area contributed by atoms with E-state index in [1.165, 1.54) is 6.07 Å². The number of halogens is 2. The van der Waals surface area contributed by atoms with Crippen molar-refractivity contribution in [3.05, 3.63) is 34.6 Å². The average Bonchev–Trinajstić information content (AvgIpc) is 2.34. The highest BCUT2D eigenvalue weighted by Crippen LogP contribution is 2.29. The fraction of sp³-hybridized carbons (Fsp3) is 0.571. The largest absolute Gasteiger partial charge is 0.329 e. The van der Waals surface area contributed by atoms with E-state index in [9.17, 15) is 4.39 Å². The average molecular weight is 273 g/mol. The highest BCUT2D eigenvalue weighted by Gasteiger charge is 2.28. The lowest BCUT2D eigenvalue weighted by Crippen LogP contribution is -2.45. The number of likely N-dealkylation sites (N-methyl/N-ethyl adjacent to an activating group) is 1. The molecule has 102 valence electrons. The third-order valence-corrected chi connectivity index (χ3v) is 4.13. The van der Waals surface area contributed by atoms with E-state index in [0.29, 0.717) is 6.54 Å². The van der Waals surface area contributed by atoms with E-state index < -0.39 is 5.82 Å². The zero-order valence-electron chi connectivity index (χ0n) is 11.5. The number of rotatable bonds is 5. The van der Waals surface area contributed by atoms with E-state index in [1.807, 2.05) is 7.05 Å². The molecule has 0 spiro atoms. The van der Waals surface area contributed by atoms with Crippen LogP contribution in [0.4, 0.5) is 4.39 Å². The predicted molar refractivity (Wildman–Crippen MR) is 75.3 cm³/mol. The first kappa shape index (κ1) is 15.4. The van der Waals surface area contributed by atoms with Gasteiger partial charge in [-0.05, 0) is 45.0 Å². The number of benzene rings is 1. The van der Waals surface area contributed by atoms with Crippen LogP contribution in [0.15, 0.2) is 18.2 Å². The van der Waals surface area contributed by atoms with Gasteiger partial charge >= 0.3 is 0 Å². The minimum absolute atomic E-state index is 0.0326. The van der Waals surface area contributed by atoms with Gasteiger partial charge < -0.3 is 5.73 Å². The standard InChI is InChI=1S/C14H22ClFN2/c1-5-14(2,3)18(4)13(9-17)10-6-7-12(16)11(15)8-10/h6-8,13H,5,9,17H2,1-4H3. The van der Waals surface area contributed by atoms with Crippen LogP contribution in [-0.2, 0) is 0 Å². The molecule has 0 amide bonds. The van der Waals surface area contributed by atoms with Gasteiger partial charge in [-0.1, -0.05) is 24.6 Å². The van der Waals surface area contributed by atoms with Gasteiger partial charge in [0, 0.05) is 18.1 Å². The molecular formula is C14H22ClFN2. The topological polar surface area (TPSA) is 29.3 Å². The molecule has 0 radical (unpaired) electrons. The molecule has 1 aromatic carbocycles. The van der Waals surface area contributed by atoms with Gasteiger partial charge in [0.2, 0.25) is 0 Å². The molecule has 18 heavy (non-hydrogen) atoms. The summed E-state index contributed by atoms with van der Waals surface area (Å²) in [6, 6.07) is 4.85. The van der Waals surface area contributed by atoms with Crippen LogP contribution in [0.5, 0.6) is 0 Å². The SMILES string of the molecule is CCC(C)(C)N(C)C(CN)c1ccc(F)c(Cl)c1. The molecule has 0 aliphatic rings. The molecule has 2 N–H and O–H groups in total. The van der Waals surface area contributed by atoms with Crippen LogP contribution in [0.3, 0.4) is 0 Å². The molecule has 2 nitrogen and oxygen atoms in total. The van der Waals surface area contributed by atoms with Crippen molar-refractivity contribution < 1.29 is 4.39 Å². The van der Waals surface area contributed by atoms with Gasteiger partial charge in [0.25, 0.3) is 0 Å². The summed E-state index contributed by atoms with van der Waals surface area (Å²) in [6.07, 6.45) is 1.01. The van der Waals surface area contributed by atoms with Crippen molar-refractivity contribution in [1.29, 1.82) is 0 Å². The Morgan fingerprint density at radius 1 is 1.44 bits per heavy atom. The number of nitrogens with zero attached hydrogens (tertiary/aromatic N) is 1. The van der Waals surface area contributed by atoms with Crippen molar-refractivity contribution in [3.63, 3.8) is 0 Å². The molecule has 4 heteroatoms. The van der Waals surface area contributed by atoms with Crippen LogP contribution in [0.2, 0.25) is 5.02 Å². The summed E-state index contributed by atoms with van der Waals surface area (Å²) < 4.78 is 13.2. The molecular weight excluding hydrogens is 251 g/mol. The van der Waals surface area contributed by atoms with Crippen molar-refractivity contribution >= 4 is 11.6 Å². The maximum Gasteiger partial charge on any atom is 0.141 e. The number of hydrogen-bond acceptors (Lipinski definition) is 2. The van der Waals surface area contributed by atoms with Gasteiger partial charge in [0.05, 0.1) is 5.02 Å². The van der Waals surface area contributed by atoms with Crippen LogP contribution in [0, 0.1) is 5.82 Å². The van der Waals surface area contributed by atoms with Crippen molar-refractivity contribution in [3.8, 4) is 0 Å². The quantitative estimate of drug-likeness (QED) is 0.887. The fourth-order valence-electron chi connectivity index (χ4n) is 1.91. The molecule has 1 aromatic rings. The van der Waals surface area contributed by atoms with Crippen LogP contribution in [-0.4, -0.2) is 24.0 Å². The normalized spacial score (nSPS) is 14.0. The zero-order valence-corrected chi connectivity index (χ0v) is 12.3. The van der Waals surface area contributed by atoms with Crippen molar-refractivity contribution in [1.82, 2.24) is 4.90 Å². The highest BCUT2D eigenvalue weighted by molar-refractivity contribution is 6.30. The molecule has 0 saturated heterocycles. The Labute approximate surface area is 114 Å². The van der Waals surface area contributed by atoms with E-state index in [4.69, 9.17) is 17.3 Å². The van der Waals surface area contributed by atoms with E-state index in [1.54, 1.807) is 12.1 Å². The van der Waals surface area contributed by atoms with Gasteiger partial charge in [0.15, 0.2) is 0 Å². The van der Waals surface area contributed by atoms with Gasteiger partial charge in [-0.15, -0.1) is 0 Å². The summed E-state index contributed by atoms with van der Waals surface area (Å²) >= 11 is 5.83. The molecule has 0 bridgehead atoms. The van der Waals surface area contributed by atoms with Crippen molar-refractivity contribution in [2.75, 3.05) is 13.6 Å². The summed E-state index contributed by atoms with van der Waals surface area (Å²) in [7, 11) is 2.04. The molecule has 0 aliphatic carbocycles. The predicted octanol–water partition coefficient (Wildman–Crippen LogP) is 3.60. The lowest BCUT2D eigenvalue weighted by molar-refractivity contribution is 0.100. The Morgan fingerprint density at radius 2 is 2.06 bits per heavy atom. The monoisotopic (exact) mass is 272 g/mol. The summed E-state index contributed by atoms with van der Waals surface area (Å²) in [5.74, 6) is -0.395. The maximum atomic E-state index is 13.2.